The van der Waals surface area contributed by atoms with Gasteiger partial charge in [-0.3, -0.25) is 4.79 Å². The number of carbonyl (C=O) groups excluding carboxylic acids is 1. The molecule has 1 saturated heterocycles. The Hall–Kier alpha value is -1.38. The van der Waals surface area contributed by atoms with E-state index < -0.39 is 10.0 Å². The number of hydrogen-bond donors (Lipinski definition) is 2. The summed E-state index contributed by atoms with van der Waals surface area (Å²) in [7, 11) is -2.19. The van der Waals surface area contributed by atoms with E-state index in [-0.39, 0.29) is 23.3 Å². The fraction of sp³-hybridized carbons (Fsp3) is 0.583. The van der Waals surface area contributed by atoms with Crippen molar-refractivity contribution in [1.29, 1.82) is 0 Å². The minimum Gasteiger partial charge on any atom is -0.396 e. The summed E-state index contributed by atoms with van der Waals surface area (Å²) in [5.41, 5.74) is 0.302. The molecule has 20 heavy (non-hydrogen) atoms. The van der Waals surface area contributed by atoms with Crippen molar-refractivity contribution in [3.8, 4) is 0 Å². The van der Waals surface area contributed by atoms with E-state index in [0.717, 1.165) is 12.8 Å². The molecule has 0 saturated carbocycles. The maximum Gasteiger partial charge on any atom is 0.270 e. The number of rotatable bonds is 3. The predicted molar refractivity (Wildman–Crippen MR) is 72.5 cm³/mol. The number of amides is 1. The molecule has 0 unspecified atom stereocenters. The van der Waals surface area contributed by atoms with Gasteiger partial charge in [0.2, 0.25) is 10.0 Å². The van der Waals surface area contributed by atoms with Crippen molar-refractivity contribution >= 4 is 15.9 Å². The van der Waals surface area contributed by atoms with Crippen LogP contribution in [0, 0.1) is 5.92 Å². The molecule has 7 nitrogen and oxygen atoms in total. The molecule has 0 spiro atoms. The molecule has 1 aromatic heterocycles. The summed E-state index contributed by atoms with van der Waals surface area (Å²) in [5, 5.41) is 14.1. The second-order valence-corrected chi connectivity index (χ2v) is 6.70. The van der Waals surface area contributed by atoms with E-state index in [0.29, 0.717) is 18.8 Å². The monoisotopic (exact) mass is 301 g/mol. The van der Waals surface area contributed by atoms with Crippen molar-refractivity contribution in [2.45, 2.75) is 17.7 Å². The summed E-state index contributed by atoms with van der Waals surface area (Å²) < 4.78 is 24.1. The summed E-state index contributed by atoms with van der Waals surface area (Å²) in [4.78, 5) is 14.0. The molecule has 1 aromatic rings. The zero-order valence-electron chi connectivity index (χ0n) is 11.3. The standard InChI is InChI=1S/C12H19N3O4S/c1-14-7-10(20(13,18)19)6-11(14)12(17)15-4-2-9(8-16)3-5-15/h6-7,9,16H,2-5,8H2,1H3,(H2,13,18,19). The summed E-state index contributed by atoms with van der Waals surface area (Å²) in [5.74, 6) is 0.0335. The summed E-state index contributed by atoms with van der Waals surface area (Å²) in [6.07, 6.45) is 2.85. The zero-order valence-corrected chi connectivity index (χ0v) is 12.1. The van der Waals surface area contributed by atoms with Crippen LogP contribution in [0.25, 0.3) is 0 Å². The molecule has 0 aliphatic carbocycles. The van der Waals surface area contributed by atoms with Crippen LogP contribution in [0.4, 0.5) is 0 Å². The second kappa shape index (κ2) is 5.55. The van der Waals surface area contributed by atoms with Gasteiger partial charge in [-0.15, -0.1) is 0 Å². The van der Waals surface area contributed by atoms with E-state index >= 15 is 0 Å². The fourth-order valence-corrected chi connectivity index (χ4v) is 2.96. The fourth-order valence-electron chi connectivity index (χ4n) is 2.38. The number of aliphatic hydroxyl groups excluding tert-OH is 1. The Balaban J connectivity index is 2.16. The minimum absolute atomic E-state index is 0.0615. The van der Waals surface area contributed by atoms with Crippen LogP contribution in [-0.4, -0.2) is 48.6 Å². The number of primary sulfonamides is 1. The van der Waals surface area contributed by atoms with E-state index in [4.69, 9.17) is 10.2 Å². The van der Waals surface area contributed by atoms with Crippen LogP contribution in [0.5, 0.6) is 0 Å². The van der Waals surface area contributed by atoms with Gasteiger partial charge in [0.05, 0.1) is 0 Å². The Morgan fingerprint density at radius 3 is 2.50 bits per heavy atom. The molecule has 8 heteroatoms. The number of nitrogens with two attached hydrogens (primary N) is 1. The summed E-state index contributed by atoms with van der Waals surface area (Å²) in [6, 6.07) is 1.30. The van der Waals surface area contributed by atoms with E-state index in [1.165, 1.54) is 16.8 Å². The Morgan fingerprint density at radius 1 is 1.45 bits per heavy atom. The lowest BCUT2D eigenvalue weighted by atomic mass is 9.98. The van der Waals surface area contributed by atoms with Gasteiger partial charge in [-0.1, -0.05) is 0 Å². The van der Waals surface area contributed by atoms with Gasteiger partial charge in [-0.25, -0.2) is 13.6 Å². The number of piperidine rings is 1. The lowest BCUT2D eigenvalue weighted by molar-refractivity contribution is 0.0641. The van der Waals surface area contributed by atoms with Crippen molar-refractivity contribution in [2.75, 3.05) is 19.7 Å². The molecular weight excluding hydrogens is 282 g/mol. The average molecular weight is 301 g/mol. The number of aromatic nitrogens is 1. The van der Waals surface area contributed by atoms with E-state index in [1.807, 2.05) is 0 Å². The van der Waals surface area contributed by atoms with Gasteiger partial charge >= 0.3 is 0 Å². The van der Waals surface area contributed by atoms with Crippen LogP contribution in [-0.2, 0) is 17.1 Å². The number of aryl methyl sites for hydroxylation is 1. The van der Waals surface area contributed by atoms with E-state index in [2.05, 4.69) is 0 Å². The molecule has 0 aromatic carbocycles. The first-order valence-electron chi connectivity index (χ1n) is 6.42. The Kier molecular flexibility index (Phi) is 4.17. The molecule has 0 atom stereocenters. The largest absolute Gasteiger partial charge is 0.396 e. The third kappa shape index (κ3) is 3.02. The third-order valence-corrected chi connectivity index (χ3v) is 4.57. The van der Waals surface area contributed by atoms with Gasteiger partial charge in [0.1, 0.15) is 10.6 Å². The van der Waals surface area contributed by atoms with Crippen LogP contribution in [0.15, 0.2) is 17.2 Å². The van der Waals surface area contributed by atoms with Crippen LogP contribution >= 0.6 is 0 Å². The smallest absolute Gasteiger partial charge is 0.270 e. The van der Waals surface area contributed by atoms with Gasteiger partial charge in [-0.2, -0.15) is 0 Å². The van der Waals surface area contributed by atoms with Crippen molar-refractivity contribution in [3.63, 3.8) is 0 Å². The van der Waals surface area contributed by atoms with Crippen LogP contribution in [0.2, 0.25) is 0 Å². The topological polar surface area (TPSA) is 106 Å². The Labute approximate surface area is 118 Å². The number of sulfonamides is 1. The van der Waals surface area contributed by atoms with Gasteiger partial charge in [0, 0.05) is 32.9 Å². The van der Waals surface area contributed by atoms with E-state index in [1.54, 1.807) is 11.9 Å². The second-order valence-electron chi connectivity index (χ2n) is 5.14. The molecule has 1 aliphatic rings. The molecule has 0 bridgehead atoms. The van der Waals surface area contributed by atoms with Gasteiger partial charge in [0.25, 0.3) is 5.91 Å². The van der Waals surface area contributed by atoms with Crippen molar-refractivity contribution in [2.24, 2.45) is 18.1 Å². The normalized spacial score (nSPS) is 17.4. The quantitative estimate of drug-likeness (QED) is 0.786. The Morgan fingerprint density at radius 2 is 2.05 bits per heavy atom. The molecule has 1 aliphatic heterocycles. The van der Waals surface area contributed by atoms with Crippen LogP contribution in [0.3, 0.4) is 0 Å². The first-order valence-corrected chi connectivity index (χ1v) is 7.97. The van der Waals surface area contributed by atoms with Crippen LogP contribution < -0.4 is 5.14 Å². The molecule has 1 amide bonds. The average Bonchev–Trinajstić information content (AvgIpc) is 2.80. The van der Waals surface area contributed by atoms with Gasteiger partial charge < -0.3 is 14.6 Å². The maximum atomic E-state index is 12.4. The van der Waals surface area contributed by atoms with Crippen molar-refractivity contribution < 1.29 is 18.3 Å². The SMILES string of the molecule is Cn1cc(S(N)(=O)=O)cc1C(=O)N1CCC(CO)CC1. The molecular formula is C12H19N3O4S. The van der Waals surface area contributed by atoms with E-state index in [9.17, 15) is 13.2 Å². The zero-order chi connectivity index (χ0) is 14.9. The number of hydrogen-bond acceptors (Lipinski definition) is 4. The molecule has 1 fully saturated rings. The molecule has 112 valence electrons. The lowest BCUT2D eigenvalue weighted by Gasteiger charge is -2.31. The molecule has 2 rings (SSSR count). The number of carbonyl (C=O) groups is 1. The number of nitrogens with zero attached hydrogens (tertiary/aromatic N) is 2. The first kappa shape index (κ1) is 15.0. The third-order valence-electron chi connectivity index (χ3n) is 3.69. The summed E-state index contributed by atoms with van der Waals surface area (Å²) >= 11 is 0. The van der Waals surface area contributed by atoms with Crippen molar-refractivity contribution in [1.82, 2.24) is 9.47 Å². The highest BCUT2D eigenvalue weighted by Gasteiger charge is 2.26. The highest BCUT2D eigenvalue weighted by Crippen LogP contribution is 2.20. The van der Waals surface area contributed by atoms with Crippen LogP contribution in [0.1, 0.15) is 23.3 Å². The van der Waals surface area contributed by atoms with Gasteiger partial charge in [0.15, 0.2) is 0 Å². The summed E-state index contributed by atoms with van der Waals surface area (Å²) in [6.45, 7) is 1.28. The number of likely N-dealkylation sites (tertiary alicyclic amines) is 1. The van der Waals surface area contributed by atoms with Crippen molar-refractivity contribution in [3.05, 3.63) is 18.0 Å². The first-order chi connectivity index (χ1) is 9.32. The van der Waals surface area contributed by atoms with Gasteiger partial charge in [-0.05, 0) is 24.8 Å². The molecule has 0 radical (unpaired) electrons. The highest BCUT2D eigenvalue weighted by atomic mass is 32.2. The maximum absolute atomic E-state index is 12.4. The predicted octanol–water partition coefficient (Wildman–Crippen LogP) is -0.483. The number of aliphatic hydroxyl groups is 1. The minimum atomic E-state index is -3.81. The molecule has 2 heterocycles. The molecule has 3 N–H and O–H groups in total. The Bertz CT molecular complexity index is 600. The lowest BCUT2D eigenvalue weighted by Crippen LogP contribution is -2.39. The highest BCUT2D eigenvalue weighted by molar-refractivity contribution is 7.89.